The molecule has 0 saturated heterocycles. The van der Waals surface area contributed by atoms with Crippen LogP contribution in [0.1, 0.15) is 26.3 Å². The Bertz CT molecular complexity index is 1210. The molecule has 1 unspecified atom stereocenters. The summed E-state index contributed by atoms with van der Waals surface area (Å²) in [7, 11) is -1.08. The van der Waals surface area contributed by atoms with Crippen molar-refractivity contribution in [2.24, 2.45) is 0 Å². The zero-order chi connectivity index (χ0) is 27.2. The third-order valence-electron chi connectivity index (χ3n) is 5.29. The third kappa shape index (κ3) is 7.65. The number of amides is 2. The Kier molecular flexibility index (Phi) is 10.3. The number of benzene rings is 2. The molecule has 0 bridgehead atoms. The molecule has 0 fully saturated rings. The molecule has 1 atom stereocenters. The molecule has 2 aromatic carbocycles. The van der Waals surface area contributed by atoms with Gasteiger partial charge in [-0.3, -0.25) is 13.9 Å². The predicted molar refractivity (Wildman–Crippen MR) is 141 cm³/mol. The van der Waals surface area contributed by atoms with Crippen LogP contribution in [0, 0.1) is 0 Å². The number of nitrogens with zero attached hydrogens (tertiary/aromatic N) is 2. The minimum absolute atomic E-state index is 0.0428. The number of carbonyl (C=O) groups is 2. The highest BCUT2D eigenvalue weighted by atomic mass is 35.5. The van der Waals surface area contributed by atoms with Crippen molar-refractivity contribution in [3.05, 3.63) is 52.0 Å². The van der Waals surface area contributed by atoms with Gasteiger partial charge in [-0.2, -0.15) is 0 Å². The molecular formula is C24H31Cl2N3O6S. The van der Waals surface area contributed by atoms with Crippen LogP contribution in [0.3, 0.4) is 0 Å². The van der Waals surface area contributed by atoms with E-state index in [1.54, 1.807) is 39.0 Å². The summed E-state index contributed by atoms with van der Waals surface area (Å²) in [6.07, 6.45) is 0.985. The zero-order valence-corrected chi connectivity index (χ0v) is 23.4. The highest BCUT2D eigenvalue weighted by Gasteiger charge is 2.31. The predicted octanol–water partition coefficient (Wildman–Crippen LogP) is 3.72. The van der Waals surface area contributed by atoms with Gasteiger partial charge in [-0.25, -0.2) is 8.42 Å². The number of carbonyl (C=O) groups excluding carboxylic acids is 2. The van der Waals surface area contributed by atoms with Crippen molar-refractivity contribution in [3.8, 4) is 11.5 Å². The van der Waals surface area contributed by atoms with Crippen molar-refractivity contribution in [1.82, 2.24) is 10.2 Å². The van der Waals surface area contributed by atoms with Gasteiger partial charge in [0.1, 0.15) is 24.1 Å². The van der Waals surface area contributed by atoms with Crippen LogP contribution in [-0.2, 0) is 26.2 Å². The van der Waals surface area contributed by atoms with Crippen LogP contribution in [0.4, 0.5) is 5.69 Å². The fraction of sp³-hybridized carbons (Fsp3) is 0.417. The second kappa shape index (κ2) is 12.5. The minimum atomic E-state index is -3.93. The molecule has 36 heavy (non-hydrogen) atoms. The van der Waals surface area contributed by atoms with Gasteiger partial charge in [-0.05, 0) is 50.6 Å². The Morgan fingerprint density at radius 3 is 2.22 bits per heavy atom. The van der Waals surface area contributed by atoms with E-state index in [0.29, 0.717) is 21.4 Å². The highest BCUT2D eigenvalue weighted by molar-refractivity contribution is 7.92. The van der Waals surface area contributed by atoms with Gasteiger partial charge >= 0.3 is 0 Å². The molecule has 2 aromatic rings. The lowest BCUT2D eigenvalue weighted by Gasteiger charge is -2.32. The number of anilines is 1. The van der Waals surface area contributed by atoms with E-state index in [9.17, 15) is 18.0 Å². The van der Waals surface area contributed by atoms with Crippen LogP contribution >= 0.6 is 23.2 Å². The molecule has 0 aliphatic heterocycles. The summed E-state index contributed by atoms with van der Waals surface area (Å²) < 4.78 is 37.0. The lowest BCUT2D eigenvalue weighted by atomic mass is 10.1. The molecular weight excluding hydrogens is 529 g/mol. The molecule has 1 N–H and O–H groups in total. The molecule has 198 valence electrons. The van der Waals surface area contributed by atoms with Gasteiger partial charge in [0, 0.05) is 28.7 Å². The average molecular weight is 561 g/mol. The first kappa shape index (κ1) is 29.5. The number of ether oxygens (including phenoxy) is 2. The normalized spacial score (nSPS) is 12.1. The van der Waals surface area contributed by atoms with Crippen molar-refractivity contribution in [2.45, 2.75) is 39.4 Å². The number of methoxy groups -OCH3 is 2. The van der Waals surface area contributed by atoms with Gasteiger partial charge in [0.2, 0.25) is 21.8 Å². The number of nitrogens with one attached hydrogen (secondary N) is 1. The molecule has 0 aliphatic carbocycles. The largest absolute Gasteiger partial charge is 0.497 e. The summed E-state index contributed by atoms with van der Waals surface area (Å²) >= 11 is 12.3. The molecule has 0 saturated carbocycles. The van der Waals surface area contributed by atoms with Gasteiger partial charge in [0.25, 0.3) is 0 Å². The number of halogens is 2. The SMILES string of the molecule is COc1ccc(N(CC(=O)N(Cc2ccc(Cl)cc2Cl)C(C)C(=O)NC(C)C)S(C)(=O)=O)c(OC)c1. The quantitative estimate of drug-likeness (QED) is 0.449. The first-order chi connectivity index (χ1) is 16.8. The van der Waals surface area contributed by atoms with E-state index in [-0.39, 0.29) is 24.0 Å². The Morgan fingerprint density at radius 2 is 1.69 bits per heavy atom. The van der Waals surface area contributed by atoms with Gasteiger partial charge < -0.3 is 19.7 Å². The van der Waals surface area contributed by atoms with Crippen molar-refractivity contribution in [3.63, 3.8) is 0 Å². The number of sulfonamides is 1. The molecule has 9 nitrogen and oxygen atoms in total. The number of hydrogen-bond acceptors (Lipinski definition) is 6. The summed E-state index contributed by atoms with van der Waals surface area (Å²) in [5.74, 6) is -0.356. The van der Waals surface area contributed by atoms with E-state index in [0.717, 1.165) is 10.6 Å². The maximum absolute atomic E-state index is 13.6. The maximum Gasteiger partial charge on any atom is 0.244 e. The molecule has 0 radical (unpaired) electrons. The van der Waals surface area contributed by atoms with Crippen molar-refractivity contribution in [2.75, 3.05) is 31.3 Å². The molecule has 2 amide bonds. The highest BCUT2D eigenvalue weighted by Crippen LogP contribution is 2.34. The second-order valence-corrected chi connectivity index (χ2v) is 11.2. The second-order valence-electron chi connectivity index (χ2n) is 8.40. The first-order valence-electron chi connectivity index (χ1n) is 11.0. The van der Waals surface area contributed by atoms with Gasteiger partial charge in [0.15, 0.2) is 0 Å². The average Bonchev–Trinajstić information content (AvgIpc) is 2.80. The molecule has 0 aromatic heterocycles. The lowest BCUT2D eigenvalue weighted by Crippen LogP contribution is -2.52. The summed E-state index contributed by atoms with van der Waals surface area (Å²) in [5, 5.41) is 3.51. The van der Waals surface area contributed by atoms with Crippen molar-refractivity contribution >= 4 is 50.7 Å². The summed E-state index contributed by atoms with van der Waals surface area (Å²) in [6.45, 7) is 4.55. The van der Waals surface area contributed by atoms with Crippen LogP contribution < -0.4 is 19.1 Å². The van der Waals surface area contributed by atoms with Crippen LogP contribution in [0.25, 0.3) is 0 Å². The van der Waals surface area contributed by atoms with Crippen LogP contribution in [-0.4, -0.2) is 64.2 Å². The molecule has 0 spiro atoms. The molecule has 12 heteroatoms. The first-order valence-corrected chi connectivity index (χ1v) is 13.6. The Balaban J connectivity index is 2.50. The van der Waals surface area contributed by atoms with Crippen molar-refractivity contribution < 1.29 is 27.5 Å². The smallest absolute Gasteiger partial charge is 0.244 e. The Hall–Kier alpha value is -2.69. The van der Waals surface area contributed by atoms with Crippen LogP contribution in [0.5, 0.6) is 11.5 Å². The summed E-state index contributed by atoms with van der Waals surface area (Å²) in [5.41, 5.74) is 0.699. The van der Waals surface area contributed by atoms with E-state index in [1.165, 1.54) is 37.3 Å². The Morgan fingerprint density at radius 1 is 1.03 bits per heavy atom. The van der Waals surface area contributed by atoms with E-state index in [1.807, 2.05) is 0 Å². The number of rotatable bonds is 11. The Labute approximate surface area is 222 Å². The lowest BCUT2D eigenvalue weighted by molar-refractivity contribution is -0.139. The number of hydrogen-bond donors (Lipinski definition) is 1. The van der Waals surface area contributed by atoms with E-state index in [2.05, 4.69) is 5.32 Å². The van der Waals surface area contributed by atoms with Gasteiger partial charge in [-0.15, -0.1) is 0 Å². The molecule has 0 aliphatic rings. The molecule has 0 heterocycles. The standard InChI is InChI=1S/C24H31Cl2N3O6S/c1-15(2)27-24(31)16(3)28(13-17-7-8-18(25)11-20(17)26)23(30)14-29(36(6,32)33)21-10-9-19(34-4)12-22(21)35-5/h7-12,15-16H,13-14H2,1-6H3,(H,27,31). The minimum Gasteiger partial charge on any atom is -0.497 e. The zero-order valence-electron chi connectivity index (χ0n) is 21.0. The van der Waals surface area contributed by atoms with Crippen LogP contribution in [0.15, 0.2) is 36.4 Å². The molecule has 2 rings (SSSR count). The van der Waals surface area contributed by atoms with Crippen molar-refractivity contribution in [1.29, 1.82) is 0 Å². The van der Waals surface area contributed by atoms with Gasteiger partial charge in [-0.1, -0.05) is 29.3 Å². The maximum atomic E-state index is 13.6. The van der Waals surface area contributed by atoms with E-state index >= 15 is 0 Å². The van der Waals surface area contributed by atoms with Crippen LogP contribution in [0.2, 0.25) is 10.0 Å². The third-order valence-corrected chi connectivity index (χ3v) is 7.00. The summed E-state index contributed by atoms with van der Waals surface area (Å²) in [6, 6.07) is 8.28. The van der Waals surface area contributed by atoms with E-state index in [4.69, 9.17) is 32.7 Å². The fourth-order valence-electron chi connectivity index (χ4n) is 3.41. The van der Waals surface area contributed by atoms with Gasteiger partial charge in [0.05, 0.1) is 26.2 Å². The monoisotopic (exact) mass is 559 g/mol. The van der Waals surface area contributed by atoms with E-state index < -0.39 is 34.4 Å². The fourth-order valence-corrected chi connectivity index (χ4v) is 4.73. The summed E-state index contributed by atoms with van der Waals surface area (Å²) in [4.78, 5) is 27.7. The topological polar surface area (TPSA) is 105 Å².